The molecule has 0 saturated heterocycles. The molecule has 1 aliphatic carbocycles. The van der Waals surface area contributed by atoms with Crippen LogP contribution in [-0.4, -0.2) is 0 Å². The average molecular weight is 248 g/mol. The van der Waals surface area contributed by atoms with Crippen molar-refractivity contribution in [3.8, 4) is 0 Å². The molecule has 1 aliphatic rings. The van der Waals surface area contributed by atoms with Gasteiger partial charge in [-0.2, -0.15) is 0 Å². The monoisotopic (exact) mass is 247 g/mol. The van der Waals surface area contributed by atoms with E-state index in [0.717, 1.165) is 10.0 Å². The van der Waals surface area contributed by atoms with Gasteiger partial charge < -0.3 is 5.11 Å². The van der Waals surface area contributed by atoms with Crippen molar-refractivity contribution in [1.82, 2.24) is 0 Å². The van der Waals surface area contributed by atoms with Gasteiger partial charge in [-0.1, -0.05) is 64.2 Å². The molecule has 1 nitrogen and oxygen atoms in total. The van der Waals surface area contributed by atoms with Gasteiger partial charge in [-0.15, -0.1) is 0 Å². The smallest absolute Gasteiger partial charge is 0.0241 e. The maximum atomic E-state index is 11.9. The third kappa shape index (κ3) is 1.66. The molecule has 0 aliphatic heterocycles. The minimum absolute atomic E-state index is 0.0578. The molecule has 1 aromatic rings. The molecule has 2 heteroatoms. The van der Waals surface area contributed by atoms with Gasteiger partial charge in [-0.25, -0.2) is 0 Å². The van der Waals surface area contributed by atoms with Crippen molar-refractivity contribution in [2.45, 2.75) is 0 Å². The zero-order valence-corrected chi connectivity index (χ0v) is 8.99. The number of hydrogen-bond donors (Lipinski definition) is 0. The van der Waals surface area contributed by atoms with Crippen molar-refractivity contribution in [1.29, 1.82) is 0 Å². The number of halogens is 1. The molecule has 0 N–H and O–H groups in total. The third-order valence-electron chi connectivity index (χ3n) is 2.04. The minimum Gasteiger partial charge on any atom is -0.872 e. The predicted molar refractivity (Wildman–Crippen MR) is 59.3 cm³/mol. The summed E-state index contributed by atoms with van der Waals surface area (Å²) in [6.07, 6.45) is 7.37. The van der Waals surface area contributed by atoms with Crippen molar-refractivity contribution in [3.05, 3.63) is 64.2 Å². The van der Waals surface area contributed by atoms with E-state index >= 15 is 0 Å². The van der Waals surface area contributed by atoms with E-state index in [9.17, 15) is 5.11 Å². The molecule has 0 aromatic heterocycles. The van der Waals surface area contributed by atoms with Gasteiger partial charge >= 0.3 is 0 Å². The molecular formula is C12H8BrO-. The lowest BCUT2D eigenvalue weighted by atomic mass is 10.1. The van der Waals surface area contributed by atoms with Crippen LogP contribution in [0.1, 0.15) is 5.56 Å². The van der Waals surface area contributed by atoms with E-state index in [0.29, 0.717) is 5.56 Å². The Bertz CT molecular complexity index is 427. The van der Waals surface area contributed by atoms with Crippen LogP contribution in [0, 0.1) is 0 Å². The van der Waals surface area contributed by atoms with Crippen LogP contribution in [0.4, 0.5) is 0 Å². The summed E-state index contributed by atoms with van der Waals surface area (Å²) in [5.41, 5.74) is 1.44. The van der Waals surface area contributed by atoms with Crippen LogP contribution in [0.3, 0.4) is 0 Å². The van der Waals surface area contributed by atoms with E-state index in [2.05, 4.69) is 15.9 Å². The predicted octanol–water partition coefficient (Wildman–Crippen LogP) is 2.65. The molecule has 0 spiro atoms. The fraction of sp³-hybridized carbons (Fsp3) is 0. The Kier molecular flexibility index (Phi) is 2.55. The highest BCUT2D eigenvalue weighted by Gasteiger charge is 2.00. The van der Waals surface area contributed by atoms with Gasteiger partial charge in [0.25, 0.3) is 0 Å². The van der Waals surface area contributed by atoms with Crippen LogP contribution in [0.25, 0.3) is 5.76 Å². The number of allylic oxidation sites excluding steroid dienone is 5. The number of hydrogen-bond acceptors (Lipinski definition) is 1. The summed E-state index contributed by atoms with van der Waals surface area (Å²) in [7, 11) is 0. The van der Waals surface area contributed by atoms with Crippen molar-refractivity contribution >= 4 is 21.7 Å². The van der Waals surface area contributed by atoms with Crippen molar-refractivity contribution < 1.29 is 5.11 Å². The second kappa shape index (κ2) is 3.84. The largest absolute Gasteiger partial charge is 0.872 e. The Morgan fingerprint density at radius 3 is 2.36 bits per heavy atom. The number of rotatable bonds is 1. The topological polar surface area (TPSA) is 23.1 Å². The first-order chi connectivity index (χ1) is 6.79. The molecule has 2 rings (SSSR count). The van der Waals surface area contributed by atoms with E-state index in [1.807, 2.05) is 48.6 Å². The number of benzene rings is 1. The molecular weight excluding hydrogens is 240 g/mol. The van der Waals surface area contributed by atoms with Crippen molar-refractivity contribution in [2.75, 3.05) is 0 Å². The fourth-order valence-corrected chi connectivity index (χ4v) is 1.79. The highest BCUT2D eigenvalue weighted by Crippen LogP contribution is 2.24. The van der Waals surface area contributed by atoms with Crippen LogP contribution in [0.15, 0.2) is 58.6 Å². The van der Waals surface area contributed by atoms with E-state index in [1.165, 1.54) is 0 Å². The van der Waals surface area contributed by atoms with E-state index in [4.69, 9.17) is 0 Å². The summed E-state index contributed by atoms with van der Waals surface area (Å²) in [5.74, 6) is 0.0578. The zero-order valence-electron chi connectivity index (χ0n) is 7.41. The Morgan fingerprint density at radius 2 is 1.71 bits per heavy atom. The molecule has 14 heavy (non-hydrogen) atoms. The standard InChI is InChI=1S/C12H9BrO/c13-11-8-4-3-7-10(11)12(14)9-5-1-2-6-9/h1-8,14H/p-1. The molecule has 0 atom stereocenters. The lowest BCUT2D eigenvalue weighted by molar-refractivity contribution is -0.244. The van der Waals surface area contributed by atoms with Crippen LogP contribution < -0.4 is 5.11 Å². The van der Waals surface area contributed by atoms with Gasteiger partial charge in [-0.05, 0) is 17.2 Å². The lowest BCUT2D eigenvalue weighted by Gasteiger charge is -2.16. The van der Waals surface area contributed by atoms with Crippen LogP contribution in [0.2, 0.25) is 0 Å². The van der Waals surface area contributed by atoms with Gasteiger partial charge in [0.1, 0.15) is 0 Å². The van der Waals surface area contributed by atoms with Gasteiger partial charge in [0.2, 0.25) is 0 Å². The Balaban J connectivity index is 2.51. The van der Waals surface area contributed by atoms with Gasteiger partial charge in [0.05, 0.1) is 0 Å². The Morgan fingerprint density at radius 1 is 1.07 bits per heavy atom. The first kappa shape index (κ1) is 9.28. The lowest BCUT2D eigenvalue weighted by Crippen LogP contribution is -2.05. The molecule has 0 heterocycles. The molecule has 0 bridgehead atoms. The SMILES string of the molecule is [O-]C(=C1C=CC=C1)c1ccccc1Br. The summed E-state index contributed by atoms with van der Waals surface area (Å²) < 4.78 is 0.839. The highest BCUT2D eigenvalue weighted by atomic mass is 79.9. The molecule has 0 saturated carbocycles. The molecule has 1 aromatic carbocycles. The van der Waals surface area contributed by atoms with Gasteiger partial charge in [-0.3, -0.25) is 0 Å². The maximum absolute atomic E-state index is 11.9. The second-order valence-corrected chi connectivity index (χ2v) is 3.84. The summed E-state index contributed by atoms with van der Waals surface area (Å²) in [4.78, 5) is 0. The van der Waals surface area contributed by atoms with Crippen molar-refractivity contribution in [3.63, 3.8) is 0 Å². The third-order valence-corrected chi connectivity index (χ3v) is 2.73. The fourth-order valence-electron chi connectivity index (χ4n) is 1.33. The van der Waals surface area contributed by atoms with E-state index in [-0.39, 0.29) is 5.76 Å². The molecule has 0 radical (unpaired) electrons. The maximum Gasteiger partial charge on any atom is 0.0241 e. The summed E-state index contributed by atoms with van der Waals surface area (Å²) >= 11 is 3.36. The second-order valence-electron chi connectivity index (χ2n) is 2.98. The normalized spacial score (nSPS) is 13.6. The zero-order chi connectivity index (χ0) is 9.97. The molecule has 0 fully saturated rings. The summed E-state index contributed by atoms with van der Waals surface area (Å²) in [6.45, 7) is 0. The van der Waals surface area contributed by atoms with Crippen molar-refractivity contribution in [2.24, 2.45) is 0 Å². The van der Waals surface area contributed by atoms with E-state index in [1.54, 1.807) is 0 Å². The summed E-state index contributed by atoms with van der Waals surface area (Å²) in [6, 6.07) is 7.45. The van der Waals surface area contributed by atoms with Crippen LogP contribution >= 0.6 is 15.9 Å². The van der Waals surface area contributed by atoms with Crippen LogP contribution in [-0.2, 0) is 0 Å². The highest BCUT2D eigenvalue weighted by molar-refractivity contribution is 9.10. The average Bonchev–Trinajstić information content (AvgIpc) is 2.70. The Labute approximate surface area is 91.2 Å². The molecule has 0 unspecified atom stereocenters. The first-order valence-corrected chi connectivity index (χ1v) is 5.09. The van der Waals surface area contributed by atoms with Gasteiger partial charge in [0.15, 0.2) is 0 Å². The van der Waals surface area contributed by atoms with Crippen LogP contribution in [0.5, 0.6) is 0 Å². The van der Waals surface area contributed by atoms with Gasteiger partial charge in [0, 0.05) is 4.47 Å². The molecule has 0 amide bonds. The first-order valence-electron chi connectivity index (χ1n) is 4.30. The Hall–Kier alpha value is -1.28. The summed E-state index contributed by atoms with van der Waals surface area (Å²) in [5, 5.41) is 11.9. The molecule has 70 valence electrons. The van der Waals surface area contributed by atoms with E-state index < -0.39 is 0 Å². The minimum atomic E-state index is 0.0578. The quantitative estimate of drug-likeness (QED) is 0.700.